The largest absolute Gasteiger partial charge is 0.464 e. The first-order valence-corrected chi connectivity index (χ1v) is 8.93. The second kappa shape index (κ2) is 7.77. The minimum Gasteiger partial charge on any atom is -0.464 e. The molecule has 0 aliphatic carbocycles. The summed E-state index contributed by atoms with van der Waals surface area (Å²) in [6, 6.07) is -0.792. The van der Waals surface area contributed by atoms with Crippen LogP contribution in [0.5, 0.6) is 0 Å². The van der Waals surface area contributed by atoms with Gasteiger partial charge in [0.05, 0.1) is 24.9 Å². The van der Waals surface area contributed by atoms with Crippen molar-refractivity contribution in [1.82, 2.24) is 9.55 Å². The standard InChI is InChI=1S/C17H22N2O5S/c1-6-23-16(21)11(5)19-8-18-14-12(15(19)20)10(4)13(25-14)17(22)24-7-9(2)3/h8-9,11H,6-7H2,1-5H3/t11-/m1/s1. The second-order valence-corrected chi connectivity index (χ2v) is 7.11. The first kappa shape index (κ1) is 19.1. The molecule has 2 heterocycles. The number of rotatable bonds is 6. The predicted octanol–water partition coefficient (Wildman–Crippen LogP) is 2.70. The minimum absolute atomic E-state index is 0.222. The van der Waals surface area contributed by atoms with Crippen LogP contribution in [0.4, 0.5) is 0 Å². The molecule has 0 saturated heterocycles. The van der Waals surface area contributed by atoms with Crippen LogP contribution in [0.1, 0.15) is 49.0 Å². The van der Waals surface area contributed by atoms with E-state index in [2.05, 4.69) is 4.98 Å². The lowest BCUT2D eigenvalue weighted by atomic mass is 10.2. The quantitative estimate of drug-likeness (QED) is 0.731. The number of carbonyl (C=O) groups excluding carboxylic acids is 2. The fourth-order valence-electron chi connectivity index (χ4n) is 2.29. The molecule has 0 amide bonds. The van der Waals surface area contributed by atoms with Crippen LogP contribution in [0.25, 0.3) is 10.2 Å². The summed E-state index contributed by atoms with van der Waals surface area (Å²) >= 11 is 1.12. The first-order valence-electron chi connectivity index (χ1n) is 8.11. The van der Waals surface area contributed by atoms with Gasteiger partial charge in [-0.2, -0.15) is 0 Å². The van der Waals surface area contributed by atoms with Gasteiger partial charge in [-0.15, -0.1) is 11.3 Å². The molecule has 0 bridgehead atoms. The maximum atomic E-state index is 12.8. The summed E-state index contributed by atoms with van der Waals surface area (Å²) in [6.45, 7) is 9.40. The smallest absolute Gasteiger partial charge is 0.348 e. The lowest BCUT2D eigenvalue weighted by Gasteiger charge is -2.13. The molecule has 1 atom stereocenters. The molecule has 0 aliphatic heterocycles. The lowest BCUT2D eigenvalue weighted by Crippen LogP contribution is -2.29. The Labute approximate surface area is 149 Å². The van der Waals surface area contributed by atoms with Crippen LogP contribution in [-0.4, -0.2) is 34.7 Å². The van der Waals surface area contributed by atoms with Crippen molar-refractivity contribution in [2.75, 3.05) is 13.2 Å². The number of nitrogens with zero attached hydrogens (tertiary/aromatic N) is 2. The van der Waals surface area contributed by atoms with Crippen LogP contribution in [0, 0.1) is 12.8 Å². The number of aromatic nitrogens is 2. The maximum absolute atomic E-state index is 12.8. The van der Waals surface area contributed by atoms with E-state index < -0.39 is 18.0 Å². The molecule has 0 fully saturated rings. The van der Waals surface area contributed by atoms with Crippen LogP contribution in [0.3, 0.4) is 0 Å². The zero-order valence-corrected chi connectivity index (χ0v) is 15.8. The van der Waals surface area contributed by atoms with Crippen molar-refractivity contribution in [2.45, 2.75) is 40.7 Å². The average molecular weight is 366 g/mol. The van der Waals surface area contributed by atoms with E-state index in [0.717, 1.165) is 11.3 Å². The van der Waals surface area contributed by atoms with E-state index in [1.165, 1.54) is 10.9 Å². The van der Waals surface area contributed by atoms with E-state index in [4.69, 9.17) is 9.47 Å². The van der Waals surface area contributed by atoms with Gasteiger partial charge in [0.25, 0.3) is 5.56 Å². The average Bonchev–Trinajstić information content (AvgIpc) is 2.90. The Bertz CT molecular complexity index is 853. The van der Waals surface area contributed by atoms with Crippen molar-refractivity contribution in [3.63, 3.8) is 0 Å². The molecule has 25 heavy (non-hydrogen) atoms. The number of carbonyl (C=O) groups is 2. The van der Waals surface area contributed by atoms with E-state index in [1.807, 2.05) is 13.8 Å². The molecule has 0 aromatic carbocycles. The highest BCUT2D eigenvalue weighted by Crippen LogP contribution is 2.28. The van der Waals surface area contributed by atoms with Gasteiger partial charge in [-0.25, -0.2) is 14.6 Å². The van der Waals surface area contributed by atoms with Gasteiger partial charge < -0.3 is 9.47 Å². The van der Waals surface area contributed by atoms with Gasteiger partial charge >= 0.3 is 11.9 Å². The predicted molar refractivity (Wildman–Crippen MR) is 95.1 cm³/mol. The van der Waals surface area contributed by atoms with E-state index in [-0.39, 0.29) is 18.1 Å². The van der Waals surface area contributed by atoms with Gasteiger partial charge in [-0.3, -0.25) is 9.36 Å². The summed E-state index contributed by atoms with van der Waals surface area (Å²) in [4.78, 5) is 42.0. The SMILES string of the molecule is CCOC(=O)[C@@H](C)n1cnc2sc(C(=O)OCC(C)C)c(C)c2c1=O. The van der Waals surface area contributed by atoms with E-state index in [9.17, 15) is 14.4 Å². The molecular formula is C17H22N2O5S. The van der Waals surface area contributed by atoms with Gasteiger partial charge in [-0.1, -0.05) is 13.8 Å². The number of hydrogen-bond donors (Lipinski definition) is 0. The molecule has 0 unspecified atom stereocenters. The van der Waals surface area contributed by atoms with Crippen LogP contribution in [0.2, 0.25) is 0 Å². The Morgan fingerprint density at radius 2 is 1.96 bits per heavy atom. The molecule has 2 aromatic rings. The molecule has 2 rings (SSSR count). The van der Waals surface area contributed by atoms with E-state index in [1.54, 1.807) is 20.8 Å². The molecule has 136 valence electrons. The second-order valence-electron chi connectivity index (χ2n) is 6.11. The van der Waals surface area contributed by atoms with Crippen molar-refractivity contribution < 1.29 is 19.1 Å². The highest BCUT2D eigenvalue weighted by Gasteiger charge is 2.24. The summed E-state index contributed by atoms with van der Waals surface area (Å²) in [6.07, 6.45) is 1.31. The van der Waals surface area contributed by atoms with Gasteiger partial charge in [0, 0.05) is 0 Å². The molecule has 2 aromatic heterocycles. The third-order valence-corrected chi connectivity index (χ3v) is 4.83. The molecular weight excluding hydrogens is 344 g/mol. The maximum Gasteiger partial charge on any atom is 0.348 e. The molecule has 0 radical (unpaired) electrons. The summed E-state index contributed by atoms with van der Waals surface area (Å²) in [5, 5.41) is 0.333. The fraction of sp³-hybridized carbons (Fsp3) is 0.529. The summed E-state index contributed by atoms with van der Waals surface area (Å²) < 4.78 is 11.4. The van der Waals surface area contributed by atoms with E-state index in [0.29, 0.717) is 27.3 Å². The van der Waals surface area contributed by atoms with Gasteiger partial charge in [0.15, 0.2) is 0 Å². The topological polar surface area (TPSA) is 87.5 Å². The van der Waals surface area contributed by atoms with Crippen LogP contribution < -0.4 is 5.56 Å². The monoisotopic (exact) mass is 366 g/mol. The minimum atomic E-state index is -0.792. The van der Waals surface area contributed by atoms with Gasteiger partial charge in [0.1, 0.15) is 15.7 Å². The number of aryl methyl sites for hydroxylation is 1. The Hall–Kier alpha value is -2.22. The third kappa shape index (κ3) is 3.89. The van der Waals surface area contributed by atoms with Crippen molar-refractivity contribution in [2.24, 2.45) is 5.92 Å². The summed E-state index contributed by atoms with van der Waals surface area (Å²) in [5.74, 6) is -0.742. The number of ether oxygens (including phenoxy) is 2. The van der Waals surface area contributed by atoms with Crippen LogP contribution in [0.15, 0.2) is 11.1 Å². The highest BCUT2D eigenvalue weighted by molar-refractivity contribution is 7.20. The van der Waals surface area contributed by atoms with Gasteiger partial charge in [0.2, 0.25) is 0 Å². The number of fused-ring (bicyclic) bond motifs is 1. The van der Waals surface area contributed by atoms with Crippen LogP contribution in [-0.2, 0) is 14.3 Å². The first-order chi connectivity index (χ1) is 11.8. The Morgan fingerprint density at radius 1 is 1.28 bits per heavy atom. The Balaban J connectivity index is 2.45. The normalized spacial score (nSPS) is 12.4. The van der Waals surface area contributed by atoms with Crippen molar-refractivity contribution in [1.29, 1.82) is 0 Å². The number of esters is 2. The third-order valence-electron chi connectivity index (χ3n) is 3.65. The van der Waals surface area contributed by atoms with Gasteiger partial charge in [-0.05, 0) is 32.3 Å². The Kier molecular flexibility index (Phi) is 5.94. The van der Waals surface area contributed by atoms with Crippen molar-refractivity contribution in [3.8, 4) is 0 Å². The molecule has 0 aliphatic rings. The Morgan fingerprint density at radius 3 is 2.56 bits per heavy atom. The highest BCUT2D eigenvalue weighted by atomic mass is 32.1. The molecule has 0 N–H and O–H groups in total. The van der Waals surface area contributed by atoms with Crippen molar-refractivity contribution >= 4 is 33.5 Å². The zero-order valence-electron chi connectivity index (χ0n) is 15.0. The molecule has 7 nitrogen and oxygen atoms in total. The number of thiophene rings is 1. The molecule has 8 heteroatoms. The van der Waals surface area contributed by atoms with Crippen molar-refractivity contribution in [3.05, 3.63) is 27.1 Å². The fourth-order valence-corrected chi connectivity index (χ4v) is 3.33. The number of hydrogen-bond acceptors (Lipinski definition) is 7. The summed E-state index contributed by atoms with van der Waals surface area (Å²) in [7, 11) is 0. The molecule has 0 spiro atoms. The van der Waals surface area contributed by atoms with E-state index >= 15 is 0 Å². The van der Waals surface area contributed by atoms with Crippen LogP contribution >= 0.6 is 11.3 Å². The lowest BCUT2D eigenvalue weighted by molar-refractivity contribution is -0.146. The summed E-state index contributed by atoms with van der Waals surface area (Å²) in [5.41, 5.74) is 0.152. The zero-order chi connectivity index (χ0) is 18.7. The molecule has 0 saturated carbocycles.